The molecule has 0 atom stereocenters. The highest BCUT2D eigenvalue weighted by Gasteiger charge is 2.02. The number of halogens is 1. The average Bonchev–Trinajstić information content (AvgIpc) is 2.15. The van der Waals surface area contributed by atoms with E-state index in [1.165, 1.54) is 18.3 Å². The monoisotopic (exact) mass is 198 g/mol. The summed E-state index contributed by atoms with van der Waals surface area (Å²) in [5.74, 6) is -0.352. The van der Waals surface area contributed by atoms with Crippen LogP contribution in [0.15, 0.2) is 18.3 Å². The summed E-state index contributed by atoms with van der Waals surface area (Å²) in [4.78, 5) is 3.77. The fourth-order valence-corrected chi connectivity index (χ4v) is 0.973. The molecule has 0 fully saturated rings. The molecule has 1 aromatic heterocycles. The van der Waals surface area contributed by atoms with Crippen LogP contribution in [0.1, 0.15) is 13.8 Å². The van der Waals surface area contributed by atoms with E-state index in [-0.39, 0.29) is 5.88 Å². The molecule has 1 heterocycles. The number of hydrogen-bond donors (Lipinski definition) is 1. The number of nitrogens with one attached hydrogen (secondary N) is 1. The predicted molar refractivity (Wildman–Crippen MR) is 52.8 cm³/mol. The first-order chi connectivity index (χ1) is 6.70. The fourth-order valence-electron chi connectivity index (χ4n) is 0.973. The third kappa shape index (κ3) is 3.70. The maximum absolute atomic E-state index is 13.0. The van der Waals surface area contributed by atoms with E-state index in [2.05, 4.69) is 10.3 Å². The predicted octanol–water partition coefficient (Wildman–Crippen LogP) is 1.60. The lowest BCUT2D eigenvalue weighted by atomic mass is 10.4. The van der Waals surface area contributed by atoms with Crippen LogP contribution in [0.3, 0.4) is 0 Å². The smallest absolute Gasteiger partial charge is 0.250 e. The minimum Gasteiger partial charge on any atom is -0.474 e. The zero-order valence-electron chi connectivity index (χ0n) is 8.46. The minimum absolute atomic E-state index is 0.0676. The molecule has 1 rings (SSSR count). The Bertz CT molecular complexity index is 279. The van der Waals surface area contributed by atoms with Crippen molar-refractivity contribution < 1.29 is 9.13 Å². The molecule has 0 saturated heterocycles. The Morgan fingerprint density at radius 3 is 3.00 bits per heavy atom. The van der Waals surface area contributed by atoms with Crippen molar-refractivity contribution in [3.05, 3.63) is 24.1 Å². The van der Waals surface area contributed by atoms with Crippen LogP contribution >= 0.6 is 0 Å². The molecular formula is C10H15FN2O. The van der Waals surface area contributed by atoms with Gasteiger partial charge in [-0.05, 0) is 12.1 Å². The first-order valence-electron chi connectivity index (χ1n) is 4.67. The van der Waals surface area contributed by atoms with Crippen LogP contribution in [-0.4, -0.2) is 24.2 Å². The molecule has 1 N–H and O–H groups in total. The highest BCUT2D eigenvalue weighted by Crippen LogP contribution is 2.10. The highest BCUT2D eigenvalue weighted by atomic mass is 19.1. The van der Waals surface area contributed by atoms with Gasteiger partial charge in [0.2, 0.25) is 5.88 Å². The topological polar surface area (TPSA) is 34.1 Å². The molecule has 0 aliphatic carbocycles. The first-order valence-corrected chi connectivity index (χ1v) is 4.67. The number of rotatable bonds is 5. The van der Waals surface area contributed by atoms with E-state index in [4.69, 9.17) is 4.74 Å². The van der Waals surface area contributed by atoms with Gasteiger partial charge in [0.1, 0.15) is 6.61 Å². The fraction of sp³-hybridized carbons (Fsp3) is 0.500. The highest BCUT2D eigenvalue weighted by molar-refractivity contribution is 5.12. The first kappa shape index (κ1) is 10.9. The van der Waals surface area contributed by atoms with Gasteiger partial charge in [-0.15, -0.1) is 0 Å². The van der Waals surface area contributed by atoms with Crippen molar-refractivity contribution in [1.29, 1.82) is 0 Å². The largest absolute Gasteiger partial charge is 0.474 e. The zero-order valence-corrected chi connectivity index (χ0v) is 8.46. The second-order valence-corrected chi connectivity index (χ2v) is 3.25. The molecule has 4 heteroatoms. The van der Waals surface area contributed by atoms with Crippen molar-refractivity contribution in [1.82, 2.24) is 10.3 Å². The van der Waals surface area contributed by atoms with Gasteiger partial charge in [-0.1, -0.05) is 13.8 Å². The standard InChI is InChI=1S/C10H15FN2O/c1-8(2)12-6-7-14-10-9(11)4-3-5-13-10/h3-5,8,12H,6-7H2,1-2H3. The third-order valence-corrected chi connectivity index (χ3v) is 1.62. The summed E-state index contributed by atoms with van der Waals surface area (Å²) >= 11 is 0. The van der Waals surface area contributed by atoms with E-state index in [1.54, 1.807) is 0 Å². The maximum Gasteiger partial charge on any atom is 0.250 e. The van der Waals surface area contributed by atoms with E-state index in [0.717, 1.165) is 0 Å². The van der Waals surface area contributed by atoms with Gasteiger partial charge in [0, 0.05) is 18.8 Å². The van der Waals surface area contributed by atoms with E-state index >= 15 is 0 Å². The molecule has 0 bridgehead atoms. The SMILES string of the molecule is CC(C)NCCOc1ncccc1F. The molecule has 14 heavy (non-hydrogen) atoms. The second-order valence-electron chi connectivity index (χ2n) is 3.25. The summed E-state index contributed by atoms with van der Waals surface area (Å²) in [6.07, 6.45) is 1.51. The van der Waals surface area contributed by atoms with Crippen LogP contribution < -0.4 is 10.1 Å². The molecule has 1 aromatic rings. The Kier molecular flexibility index (Phi) is 4.32. The molecule has 0 radical (unpaired) electrons. The summed E-state index contributed by atoms with van der Waals surface area (Å²) < 4.78 is 18.1. The van der Waals surface area contributed by atoms with E-state index in [0.29, 0.717) is 19.2 Å². The van der Waals surface area contributed by atoms with E-state index in [1.807, 2.05) is 13.8 Å². The van der Waals surface area contributed by atoms with Gasteiger partial charge < -0.3 is 10.1 Å². The van der Waals surface area contributed by atoms with Crippen molar-refractivity contribution >= 4 is 0 Å². The van der Waals surface area contributed by atoms with Crippen LogP contribution in [0.4, 0.5) is 4.39 Å². The number of nitrogens with zero attached hydrogens (tertiary/aromatic N) is 1. The van der Waals surface area contributed by atoms with Crippen LogP contribution in [0.2, 0.25) is 0 Å². The van der Waals surface area contributed by atoms with Gasteiger partial charge in [-0.3, -0.25) is 0 Å². The molecule has 0 aliphatic rings. The molecule has 0 amide bonds. The summed E-state index contributed by atoms with van der Waals surface area (Å²) in [6, 6.07) is 3.28. The van der Waals surface area contributed by atoms with Gasteiger partial charge >= 0.3 is 0 Å². The molecule has 0 aromatic carbocycles. The van der Waals surface area contributed by atoms with Crippen molar-refractivity contribution in [2.75, 3.05) is 13.2 Å². The Balaban J connectivity index is 2.28. The number of aromatic nitrogens is 1. The van der Waals surface area contributed by atoms with E-state index < -0.39 is 5.82 Å². The lowest BCUT2D eigenvalue weighted by molar-refractivity contribution is 0.282. The summed E-state index contributed by atoms with van der Waals surface area (Å²) in [5, 5.41) is 3.16. The zero-order chi connectivity index (χ0) is 10.4. The normalized spacial score (nSPS) is 10.6. The Morgan fingerprint density at radius 1 is 1.57 bits per heavy atom. The molecule has 0 aliphatic heterocycles. The molecular weight excluding hydrogens is 183 g/mol. The van der Waals surface area contributed by atoms with Crippen molar-refractivity contribution in [2.24, 2.45) is 0 Å². The van der Waals surface area contributed by atoms with E-state index in [9.17, 15) is 4.39 Å². The molecule has 0 unspecified atom stereocenters. The number of pyridine rings is 1. The summed E-state index contributed by atoms with van der Waals surface area (Å²) in [5.41, 5.74) is 0. The van der Waals surface area contributed by atoms with Crippen molar-refractivity contribution in [3.63, 3.8) is 0 Å². The van der Waals surface area contributed by atoms with Crippen molar-refractivity contribution in [3.8, 4) is 5.88 Å². The van der Waals surface area contributed by atoms with Crippen LogP contribution in [-0.2, 0) is 0 Å². The molecule has 0 saturated carbocycles. The second kappa shape index (κ2) is 5.54. The quantitative estimate of drug-likeness (QED) is 0.730. The molecule has 3 nitrogen and oxygen atoms in total. The van der Waals surface area contributed by atoms with Crippen LogP contribution in [0, 0.1) is 5.82 Å². The minimum atomic E-state index is -0.419. The van der Waals surface area contributed by atoms with Gasteiger partial charge in [0.15, 0.2) is 5.82 Å². The number of ether oxygens (including phenoxy) is 1. The lowest BCUT2D eigenvalue weighted by Gasteiger charge is -2.09. The molecule has 78 valence electrons. The lowest BCUT2D eigenvalue weighted by Crippen LogP contribution is -2.27. The summed E-state index contributed by atoms with van der Waals surface area (Å²) in [7, 11) is 0. The van der Waals surface area contributed by atoms with Crippen LogP contribution in [0.5, 0.6) is 5.88 Å². The average molecular weight is 198 g/mol. The van der Waals surface area contributed by atoms with Crippen LogP contribution in [0.25, 0.3) is 0 Å². The van der Waals surface area contributed by atoms with Crippen molar-refractivity contribution in [2.45, 2.75) is 19.9 Å². The Morgan fingerprint density at radius 2 is 2.36 bits per heavy atom. The van der Waals surface area contributed by atoms with Gasteiger partial charge in [-0.2, -0.15) is 0 Å². The number of hydrogen-bond acceptors (Lipinski definition) is 3. The van der Waals surface area contributed by atoms with Gasteiger partial charge in [-0.25, -0.2) is 9.37 Å². The third-order valence-electron chi connectivity index (χ3n) is 1.62. The molecule has 0 spiro atoms. The summed E-state index contributed by atoms with van der Waals surface area (Å²) in [6.45, 7) is 5.20. The maximum atomic E-state index is 13.0. The van der Waals surface area contributed by atoms with Gasteiger partial charge in [0.05, 0.1) is 0 Å². The van der Waals surface area contributed by atoms with Gasteiger partial charge in [0.25, 0.3) is 0 Å². The Labute approximate surface area is 83.3 Å². The Hall–Kier alpha value is -1.16.